The molecule has 0 saturated carbocycles. The van der Waals surface area contributed by atoms with Crippen molar-refractivity contribution in [3.05, 3.63) is 76.9 Å². The van der Waals surface area contributed by atoms with Crippen LogP contribution in [0.25, 0.3) is 6.08 Å². The van der Waals surface area contributed by atoms with E-state index in [1.54, 1.807) is 18.2 Å². The van der Waals surface area contributed by atoms with E-state index in [9.17, 15) is 14.0 Å². The lowest BCUT2D eigenvalue weighted by Crippen LogP contribution is -2.34. The minimum atomic E-state index is -1.44. The van der Waals surface area contributed by atoms with Crippen molar-refractivity contribution in [1.82, 2.24) is 5.32 Å². The normalized spacial score (nSPS) is 19.5. The van der Waals surface area contributed by atoms with Gasteiger partial charge in [0, 0.05) is 17.6 Å². The SMILES string of the molecule is C=C(CC(C)(C)C)C(=O)NC(=O)/C(=C/c1ccc(C)cc1)C1=CCC(C)(F)C=C1. The van der Waals surface area contributed by atoms with Crippen LogP contribution in [-0.2, 0) is 9.59 Å². The van der Waals surface area contributed by atoms with Gasteiger partial charge in [-0.2, -0.15) is 0 Å². The van der Waals surface area contributed by atoms with Crippen LogP contribution in [0, 0.1) is 12.3 Å². The highest BCUT2D eigenvalue weighted by molar-refractivity contribution is 6.13. The van der Waals surface area contributed by atoms with Gasteiger partial charge in [0.2, 0.25) is 0 Å². The van der Waals surface area contributed by atoms with Crippen molar-refractivity contribution in [1.29, 1.82) is 0 Å². The maximum Gasteiger partial charge on any atom is 0.258 e. The smallest absolute Gasteiger partial charge is 0.258 e. The number of imide groups is 1. The van der Waals surface area contributed by atoms with Crippen molar-refractivity contribution < 1.29 is 14.0 Å². The zero-order valence-electron chi connectivity index (χ0n) is 17.9. The highest BCUT2D eigenvalue weighted by atomic mass is 19.1. The van der Waals surface area contributed by atoms with Gasteiger partial charge in [-0.25, -0.2) is 4.39 Å². The van der Waals surface area contributed by atoms with Crippen LogP contribution >= 0.6 is 0 Å². The molecule has 3 nitrogen and oxygen atoms in total. The first-order chi connectivity index (χ1) is 13.4. The molecule has 1 unspecified atom stereocenters. The average molecular weight is 396 g/mol. The van der Waals surface area contributed by atoms with Gasteiger partial charge in [-0.15, -0.1) is 0 Å². The topological polar surface area (TPSA) is 46.2 Å². The van der Waals surface area contributed by atoms with E-state index in [1.165, 1.54) is 13.0 Å². The molecule has 2 amide bonds. The maximum absolute atomic E-state index is 14.1. The first kappa shape index (κ1) is 22.5. The van der Waals surface area contributed by atoms with Crippen molar-refractivity contribution in [2.45, 2.75) is 53.1 Å². The molecule has 0 spiro atoms. The third kappa shape index (κ3) is 6.97. The molecule has 0 saturated heterocycles. The van der Waals surface area contributed by atoms with E-state index in [2.05, 4.69) is 11.9 Å². The number of benzene rings is 1. The molecule has 0 aliphatic heterocycles. The van der Waals surface area contributed by atoms with Gasteiger partial charge in [0.1, 0.15) is 5.67 Å². The number of nitrogens with one attached hydrogen (secondary N) is 1. The lowest BCUT2D eigenvalue weighted by molar-refractivity contribution is -0.126. The van der Waals surface area contributed by atoms with Crippen LogP contribution in [0.2, 0.25) is 0 Å². The highest BCUT2D eigenvalue weighted by Crippen LogP contribution is 2.29. The Balaban J connectivity index is 2.30. The first-order valence-corrected chi connectivity index (χ1v) is 9.77. The minimum Gasteiger partial charge on any atom is -0.288 e. The molecule has 1 aliphatic rings. The molecule has 4 heteroatoms. The van der Waals surface area contributed by atoms with Crippen molar-refractivity contribution in [2.75, 3.05) is 0 Å². The number of carbonyl (C=O) groups excluding carboxylic acids is 2. The third-order valence-corrected chi connectivity index (χ3v) is 4.57. The van der Waals surface area contributed by atoms with Gasteiger partial charge >= 0.3 is 0 Å². The Labute approximate surface area is 173 Å². The van der Waals surface area contributed by atoms with E-state index >= 15 is 0 Å². The van der Waals surface area contributed by atoms with Crippen LogP contribution in [0.1, 0.15) is 51.7 Å². The molecule has 0 aromatic heterocycles. The number of hydrogen-bond donors (Lipinski definition) is 1. The van der Waals surface area contributed by atoms with Gasteiger partial charge in [-0.05, 0) is 49.0 Å². The number of carbonyl (C=O) groups is 2. The fourth-order valence-electron chi connectivity index (χ4n) is 3.00. The Hall–Kier alpha value is -2.75. The van der Waals surface area contributed by atoms with Crippen molar-refractivity contribution in [3.8, 4) is 0 Å². The molecule has 0 heterocycles. The zero-order chi connectivity index (χ0) is 21.8. The number of alkyl halides is 1. The molecule has 1 aromatic rings. The summed E-state index contributed by atoms with van der Waals surface area (Å²) in [6.07, 6.45) is 7.09. The standard InChI is InChI=1S/C25H30FNO2/c1-17-7-9-19(10-8-17)15-21(20-11-13-25(6,26)14-12-20)23(29)27-22(28)18(2)16-24(3,4)5/h7-13,15H,2,14,16H2,1,3-6H3,(H,27,28,29)/b21-15+. The van der Waals surface area contributed by atoms with Gasteiger partial charge in [-0.3, -0.25) is 14.9 Å². The molecule has 0 fully saturated rings. The summed E-state index contributed by atoms with van der Waals surface area (Å²) in [4.78, 5) is 25.4. The van der Waals surface area contributed by atoms with E-state index in [0.717, 1.165) is 11.1 Å². The zero-order valence-corrected chi connectivity index (χ0v) is 17.9. The number of amides is 2. The Morgan fingerprint density at radius 1 is 1.21 bits per heavy atom. The van der Waals surface area contributed by atoms with Crippen molar-refractivity contribution >= 4 is 17.9 Å². The van der Waals surface area contributed by atoms with Crippen molar-refractivity contribution in [3.63, 3.8) is 0 Å². The largest absolute Gasteiger partial charge is 0.288 e. The first-order valence-electron chi connectivity index (χ1n) is 9.77. The summed E-state index contributed by atoms with van der Waals surface area (Å²) < 4.78 is 14.1. The predicted molar refractivity (Wildman–Crippen MR) is 117 cm³/mol. The summed E-state index contributed by atoms with van der Waals surface area (Å²) in [6, 6.07) is 7.69. The number of aryl methyl sites for hydroxylation is 1. The molecule has 0 bridgehead atoms. The Bertz CT molecular complexity index is 894. The van der Waals surface area contributed by atoms with Crippen LogP contribution in [0.4, 0.5) is 4.39 Å². The van der Waals surface area contributed by atoms with Crippen LogP contribution < -0.4 is 5.32 Å². The molecule has 1 atom stereocenters. The Morgan fingerprint density at radius 3 is 2.34 bits per heavy atom. The molecule has 29 heavy (non-hydrogen) atoms. The monoisotopic (exact) mass is 395 g/mol. The van der Waals surface area contributed by atoms with Gasteiger partial charge in [-0.1, -0.05) is 69.3 Å². The Morgan fingerprint density at radius 2 is 1.83 bits per heavy atom. The van der Waals surface area contributed by atoms with E-state index in [1.807, 2.05) is 52.0 Å². The summed E-state index contributed by atoms with van der Waals surface area (Å²) >= 11 is 0. The second-order valence-corrected chi connectivity index (χ2v) is 9.07. The maximum atomic E-state index is 14.1. The van der Waals surface area contributed by atoms with E-state index in [4.69, 9.17) is 0 Å². The van der Waals surface area contributed by atoms with Crippen LogP contribution in [0.5, 0.6) is 0 Å². The molecule has 0 radical (unpaired) electrons. The minimum absolute atomic E-state index is 0.113. The summed E-state index contributed by atoms with van der Waals surface area (Å²) in [5.74, 6) is -1.01. The molecule has 1 aromatic carbocycles. The molecule has 154 valence electrons. The van der Waals surface area contributed by atoms with Gasteiger partial charge in [0.25, 0.3) is 11.8 Å². The fraction of sp³-hybridized carbons (Fsp3) is 0.360. The predicted octanol–water partition coefficient (Wildman–Crippen LogP) is 5.63. The van der Waals surface area contributed by atoms with Crippen LogP contribution in [0.15, 0.2) is 65.8 Å². The third-order valence-electron chi connectivity index (χ3n) is 4.57. The second kappa shape index (κ2) is 8.73. The average Bonchev–Trinajstić information content (AvgIpc) is 2.60. The fourth-order valence-corrected chi connectivity index (χ4v) is 3.00. The number of allylic oxidation sites excluding steroid dienone is 3. The summed E-state index contributed by atoms with van der Waals surface area (Å²) in [6.45, 7) is 13.3. The molecule has 1 N–H and O–H groups in total. The highest BCUT2D eigenvalue weighted by Gasteiger charge is 2.25. The molecular weight excluding hydrogens is 365 g/mol. The molecular formula is C25H30FNO2. The van der Waals surface area contributed by atoms with Gasteiger partial charge < -0.3 is 0 Å². The van der Waals surface area contributed by atoms with Crippen LogP contribution in [0.3, 0.4) is 0 Å². The van der Waals surface area contributed by atoms with E-state index in [-0.39, 0.29) is 11.8 Å². The number of halogens is 1. The molecule has 1 aliphatic carbocycles. The lowest BCUT2D eigenvalue weighted by Gasteiger charge is -2.21. The number of hydrogen-bond acceptors (Lipinski definition) is 2. The summed E-state index contributed by atoms with van der Waals surface area (Å²) in [7, 11) is 0. The van der Waals surface area contributed by atoms with E-state index in [0.29, 0.717) is 23.1 Å². The quantitative estimate of drug-likeness (QED) is 0.657. The van der Waals surface area contributed by atoms with Gasteiger partial charge in [0.05, 0.1) is 0 Å². The molecule has 2 rings (SSSR count). The van der Waals surface area contributed by atoms with E-state index < -0.39 is 17.5 Å². The van der Waals surface area contributed by atoms with Gasteiger partial charge in [0.15, 0.2) is 0 Å². The Kier molecular flexibility index (Phi) is 6.78. The lowest BCUT2D eigenvalue weighted by atomic mass is 9.88. The number of rotatable bonds is 5. The summed E-state index contributed by atoms with van der Waals surface area (Å²) in [5.41, 5.74) is 1.63. The van der Waals surface area contributed by atoms with Crippen molar-refractivity contribution in [2.24, 2.45) is 5.41 Å². The van der Waals surface area contributed by atoms with Crippen LogP contribution in [-0.4, -0.2) is 17.5 Å². The summed E-state index contributed by atoms with van der Waals surface area (Å²) in [5, 5.41) is 2.44. The second-order valence-electron chi connectivity index (χ2n) is 9.07.